The van der Waals surface area contributed by atoms with Crippen LogP contribution < -0.4 is 10.1 Å². The molecule has 1 amide bonds. The van der Waals surface area contributed by atoms with E-state index in [1.807, 2.05) is 36.9 Å². The van der Waals surface area contributed by atoms with Gasteiger partial charge < -0.3 is 15.0 Å². The number of pyridine rings is 2. The van der Waals surface area contributed by atoms with Crippen LogP contribution in [0.15, 0.2) is 28.9 Å². The van der Waals surface area contributed by atoms with Crippen molar-refractivity contribution in [3.8, 4) is 11.5 Å². The van der Waals surface area contributed by atoms with Crippen LogP contribution in [0, 0.1) is 13.8 Å². The average Bonchev–Trinajstić information content (AvgIpc) is 3.20. The third-order valence-corrected chi connectivity index (χ3v) is 6.27. The van der Waals surface area contributed by atoms with Crippen molar-refractivity contribution < 1.29 is 9.53 Å². The standard InChI is InChI=1S/C21H23BrN6O2S/c1-12-4-5-17(13(2)24-12)30-18-10-16(22)11-23-20(18)26-21-25-19(27-31-21)15-6-8-28(9-7-15)14(3)29/h4-5,10-11,15H,6-9H2,1-3H3,(H,23,25,26,27). The zero-order valence-corrected chi connectivity index (χ0v) is 20.0. The molecule has 0 radical (unpaired) electrons. The highest BCUT2D eigenvalue weighted by atomic mass is 79.9. The Morgan fingerprint density at radius 1 is 1.23 bits per heavy atom. The molecule has 0 aromatic carbocycles. The summed E-state index contributed by atoms with van der Waals surface area (Å²) in [6.07, 6.45) is 3.45. The minimum absolute atomic E-state index is 0.125. The number of carbonyl (C=O) groups excluding carboxylic acids is 1. The molecule has 0 spiro atoms. The lowest BCUT2D eigenvalue weighted by atomic mass is 9.96. The predicted octanol–water partition coefficient (Wildman–Crippen LogP) is 4.97. The molecule has 31 heavy (non-hydrogen) atoms. The Hall–Kier alpha value is -2.59. The van der Waals surface area contributed by atoms with Crippen molar-refractivity contribution >= 4 is 44.3 Å². The number of nitrogens with zero attached hydrogens (tertiary/aromatic N) is 5. The number of halogens is 1. The highest BCUT2D eigenvalue weighted by Gasteiger charge is 2.25. The van der Waals surface area contributed by atoms with E-state index in [0.29, 0.717) is 22.4 Å². The second kappa shape index (κ2) is 9.27. The van der Waals surface area contributed by atoms with Crippen molar-refractivity contribution in [1.82, 2.24) is 24.2 Å². The smallest absolute Gasteiger partial charge is 0.219 e. The fraction of sp³-hybridized carbons (Fsp3) is 0.381. The van der Waals surface area contributed by atoms with Gasteiger partial charge in [-0.25, -0.2) is 9.97 Å². The molecule has 1 aliphatic heterocycles. The minimum atomic E-state index is 0.125. The summed E-state index contributed by atoms with van der Waals surface area (Å²) in [5.74, 6) is 2.99. The molecule has 162 valence electrons. The molecule has 10 heteroatoms. The summed E-state index contributed by atoms with van der Waals surface area (Å²) in [6, 6.07) is 5.67. The Morgan fingerprint density at radius 2 is 2.00 bits per heavy atom. The van der Waals surface area contributed by atoms with E-state index in [4.69, 9.17) is 4.74 Å². The second-order valence-corrected chi connectivity index (χ2v) is 9.17. The molecule has 8 nitrogen and oxygen atoms in total. The first-order valence-electron chi connectivity index (χ1n) is 10.0. The topological polar surface area (TPSA) is 93.1 Å². The van der Waals surface area contributed by atoms with Gasteiger partial charge in [0.1, 0.15) is 11.6 Å². The number of nitrogens with one attached hydrogen (secondary N) is 1. The zero-order chi connectivity index (χ0) is 22.0. The minimum Gasteiger partial charge on any atom is -0.452 e. The third kappa shape index (κ3) is 5.19. The molecule has 1 N–H and O–H groups in total. The largest absolute Gasteiger partial charge is 0.452 e. The Balaban J connectivity index is 1.49. The van der Waals surface area contributed by atoms with Crippen LogP contribution in [0.5, 0.6) is 11.5 Å². The number of likely N-dealkylation sites (tertiary alicyclic amines) is 1. The fourth-order valence-corrected chi connectivity index (χ4v) is 4.45. The van der Waals surface area contributed by atoms with E-state index in [0.717, 1.165) is 47.6 Å². The lowest BCUT2D eigenvalue weighted by Crippen LogP contribution is -2.36. The summed E-state index contributed by atoms with van der Waals surface area (Å²) >= 11 is 4.75. The maximum absolute atomic E-state index is 11.5. The maximum Gasteiger partial charge on any atom is 0.219 e. The number of aromatic nitrogens is 4. The molecule has 0 saturated carbocycles. The number of anilines is 2. The third-order valence-electron chi connectivity index (χ3n) is 5.19. The Kier molecular flexibility index (Phi) is 6.47. The number of aryl methyl sites for hydroxylation is 2. The zero-order valence-electron chi connectivity index (χ0n) is 17.6. The van der Waals surface area contributed by atoms with Crippen LogP contribution in [0.4, 0.5) is 10.9 Å². The summed E-state index contributed by atoms with van der Waals surface area (Å²) in [4.78, 5) is 27.0. The van der Waals surface area contributed by atoms with Crippen LogP contribution in [0.2, 0.25) is 0 Å². The van der Waals surface area contributed by atoms with Crippen LogP contribution in [-0.2, 0) is 4.79 Å². The Bertz CT molecular complexity index is 1100. The van der Waals surface area contributed by atoms with Crippen molar-refractivity contribution in [3.63, 3.8) is 0 Å². The number of piperidine rings is 1. The van der Waals surface area contributed by atoms with Crippen molar-refractivity contribution in [2.24, 2.45) is 0 Å². The molecule has 1 fully saturated rings. The summed E-state index contributed by atoms with van der Waals surface area (Å²) in [6.45, 7) is 6.97. The van der Waals surface area contributed by atoms with Crippen molar-refractivity contribution in [1.29, 1.82) is 0 Å². The average molecular weight is 503 g/mol. The van der Waals surface area contributed by atoms with E-state index in [-0.39, 0.29) is 11.8 Å². The molecule has 0 unspecified atom stereocenters. The summed E-state index contributed by atoms with van der Waals surface area (Å²) in [5, 5.41) is 3.90. The highest BCUT2D eigenvalue weighted by Crippen LogP contribution is 2.35. The van der Waals surface area contributed by atoms with Crippen LogP contribution in [-0.4, -0.2) is 43.2 Å². The van der Waals surface area contributed by atoms with E-state index < -0.39 is 0 Å². The molecular formula is C21H23BrN6O2S. The van der Waals surface area contributed by atoms with Crippen molar-refractivity contribution in [3.05, 3.63) is 46.1 Å². The maximum atomic E-state index is 11.5. The lowest BCUT2D eigenvalue weighted by Gasteiger charge is -2.29. The van der Waals surface area contributed by atoms with Crippen LogP contribution >= 0.6 is 27.5 Å². The van der Waals surface area contributed by atoms with Gasteiger partial charge in [-0.1, -0.05) is 0 Å². The van der Waals surface area contributed by atoms with Gasteiger partial charge in [0.25, 0.3) is 0 Å². The predicted molar refractivity (Wildman–Crippen MR) is 123 cm³/mol. The van der Waals surface area contributed by atoms with E-state index in [1.54, 1.807) is 13.1 Å². The second-order valence-electron chi connectivity index (χ2n) is 7.50. The molecule has 1 saturated heterocycles. The molecular weight excluding hydrogens is 480 g/mol. The number of hydrogen-bond acceptors (Lipinski definition) is 8. The van der Waals surface area contributed by atoms with E-state index in [1.165, 1.54) is 11.5 Å². The molecule has 1 aliphatic rings. The van der Waals surface area contributed by atoms with Crippen molar-refractivity contribution in [2.75, 3.05) is 18.4 Å². The SMILES string of the molecule is CC(=O)N1CCC(c2nsc(Nc3ncc(Br)cc3Oc3ccc(C)nc3C)n2)CC1. The van der Waals surface area contributed by atoms with Gasteiger partial charge in [0.15, 0.2) is 11.6 Å². The summed E-state index contributed by atoms with van der Waals surface area (Å²) < 4.78 is 11.5. The first kappa shape index (κ1) is 21.6. The first-order chi connectivity index (χ1) is 14.9. The summed E-state index contributed by atoms with van der Waals surface area (Å²) in [5.41, 5.74) is 1.74. The molecule has 4 rings (SSSR count). The Morgan fingerprint density at radius 3 is 2.71 bits per heavy atom. The fourth-order valence-electron chi connectivity index (χ4n) is 3.50. The molecule has 4 heterocycles. The quantitative estimate of drug-likeness (QED) is 0.526. The van der Waals surface area contributed by atoms with Gasteiger partial charge in [0, 0.05) is 59.9 Å². The van der Waals surface area contributed by atoms with E-state index in [9.17, 15) is 4.79 Å². The normalized spacial score (nSPS) is 14.5. The van der Waals surface area contributed by atoms with Crippen LogP contribution in [0.25, 0.3) is 0 Å². The molecule has 0 atom stereocenters. The number of carbonyl (C=O) groups is 1. The van der Waals surface area contributed by atoms with Gasteiger partial charge in [-0.3, -0.25) is 9.78 Å². The van der Waals surface area contributed by atoms with E-state index >= 15 is 0 Å². The molecule has 3 aromatic rings. The van der Waals surface area contributed by atoms with Gasteiger partial charge >= 0.3 is 0 Å². The van der Waals surface area contributed by atoms with Gasteiger partial charge in [-0.15, -0.1) is 0 Å². The van der Waals surface area contributed by atoms with Crippen LogP contribution in [0.3, 0.4) is 0 Å². The van der Waals surface area contributed by atoms with Gasteiger partial charge in [-0.2, -0.15) is 4.37 Å². The Labute approximate surface area is 193 Å². The summed E-state index contributed by atoms with van der Waals surface area (Å²) in [7, 11) is 0. The number of ether oxygens (including phenoxy) is 1. The molecule has 0 bridgehead atoms. The first-order valence-corrected chi connectivity index (χ1v) is 11.6. The molecule has 3 aromatic heterocycles. The number of hydrogen-bond donors (Lipinski definition) is 1. The van der Waals surface area contributed by atoms with Gasteiger partial charge in [0.05, 0.1) is 5.69 Å². The number of rotatable bonds is 5. The van der Waals surface area contributed by atoms with Gasteiger partial charge in [0.2, 0.25) is 11.0 Å². The monoisotopic (exact) mass is 502 g/mol. The molecule has 0 aliphatic carbocycles. The highest BCUT2D eigenvalue weighted by molar-refractivity contribution is 9.10. The lowest BCUT2D eigenvalue weighted by molar-refractivity contribution is -0.129. The van der Waals surface area contributed by atoms with Crippen LogP contribution in [0.1, 0.15) is 42.9 Å². The van der Waals surface area contributed by atoms with Crippen molar-refractivity contribution in [2.45, 2.75) is 39.5 Å². The van der Waals surface area contributed by atoms with E-state index in [2.05, 4.69) is 40.6 Å². The number of amides is 1. The van der Waals surface area contributed by atoms with Gasteiger partial charge in [-0.05, 0) is 54.8 Å².